The molecule has 166 valence electrons. The van der Waals surface area contributed by atoms with Crippen molar-refractivity contribution in [3.63, 3.8) is 0 Å². The Morgan fingerprint density at radius 1 is 1.10 bits per heavy atom. The summed E-state index contributed by atoms with van der Waals surface area (Å²) in [7, 11) is -3.65. The molecule has 1 aliphatic rings. The van der Waals surface area contributed by atoms with Gasteiger partial charge in [-0.3, -0.25) is 9.59 Å². The van der Waals surface area contributed by atoms with Crippen LogP contribution in [0.1, 0.15) is 42.6 Å². The Balaban J connectivity index is 1.72. The van der Waals surface area contributed by atoms with E-state index in [1.807, 2.05) is 6.07 Å². The molecule has 1 aliphatic heterocycles. The fourth-order valence-electron chi connectivity index (χ4n) is 3.24. The lowest BCUT2D eigenvalue weighted by atomic mass is 10.1. The molecule has 0 unspecified atom stereocenters. The van der Waals surface area contributed by atoms with E-state index in [4.69, 9.17) is 11.6 Å². The van der Waals surface area contributed by atoms with Crippen molar-refractivity contribution in [3.8, 4) is 0 Å². The maximum absolute atomic E-state index is 12.8. The quantitative estimate of drug-likeness (QED) is 0.655. The van der Waals surface area contributed by atoms with Gasteiger partial charge in [0.2, 0.25) is 15.9 Å². The Labute approximate surface area is 187 Å². The summed E-state index contributed by atoms with van der Waals surface area (Å²) >= 11 is 6.18. The smallest absolute Gasteiger partial charge is 0.253 e. The predicted octanol–water partition coefficient (Wildman–Crippen LogP) is 3.65. The van der Waals surface area contributed by atoms with Gasteiger partial charge in [-0.2, -0.15) is 4.31 Å². The number of benzene rings is 2. The highest BCUT2D eigenvalue weighted by molar-refractivity contribution is 7.89. The van der Waals surface area contributed by atoms with Gasteiger partial charge < -0.3 is 10.6 Å². The summed E-state index contributed by atoms with van der Waals surface area (Å²) in [4.78, 5) is 24.6. The molecule has 0 aliphatic carbocycles. The second-order valence-corrected chi connectivity index (χ2v) is 10.1. The summed E-state index contributed by atoms with van der Waals surface area (Å²) < 4.78 is 27.0. The summed E-state index contributed by atoms with van der Waals surface area (Å²) in [5.74, 6) is -0.710. The van der Waals surface area contributed by atoms with Crippen molar-refractivity contribution in [3.05, 3.63) is 58.6 Å². The highest BCUT2D eigenvalue weighted by Gasteiger charge is 2.28. The van der Waals surface area contributed by atoms with Crippen LogP contribution in [-0.2, 0) is 21.4 Å². The highest BCUT2D eigenvalue weighted by atomic mass is 35.5. The van der Waals surface area contributed by atoms with E-state index in [2.05, 4.69) is 10.6 Å². The van der Waals surface area contributed by atoms with Crippen LogP contribution in [0.25, 0.3) is 0 Å². The SMILES string of the molecule is CC(C)C(=O)Nc1cccc(CNC(=O)c2cc(S(=O)(=O)N3CCCC3)ccc2Cl)c1. The minimum absolute atomic E-state index is 0.0577. The third-order valence-electron chi connectivity index (χ3n) is 5.06. The molecule has 0 atom stereocenters. The molecule has 2 amide bonds. The Morgan fingerprint density at radius 2 is 1.81 bits per heavy atom. The average Bonchev–Trinajstić information content (AvgIpc) is 3.28. The van der Waals surface area contributed by atoms with Crippen LogP contribution in [0, 0.1) is 5.92 Å². The van der Waals surface area contributed by atoms with Crippen molar-refractivity contribution in [2.45, 2.75) is 38.1 Å². The fraction of sp³-hybridized carbons (Fsp3) is 0.364. The Kier molecular flexibility index (Phi) is 7.35. The molecule has 9 heteroatoms. The van der Waals surface area contributed by atoms with Crippen LogP contribution in [0.3, 0.4) is 0 Å². The first kappa shape index (κ1) is 23.2. The lowest BCUT2D eigenvalue weighted by Crippen LogP contribution is -2.28. The van der Waals surface area contributed by atoms with Gasteiger partial charge in [0.1, 0.15) is 0 Å². The zero-order valence-corrected chi connectivity index (χ0v) is 19.1. The average molecular weight is 464 g/mol. The van der Waals surface area contributed by atoms with E-state index >= 15 is 0 Å². The molecular formula is C22H26ClN3O4S. The number of nitrogens with one attached hydrogen (secondary N) is 2. The molecule has 2 aromatic carbocycles. The number of carbonyl (C=O) groups excluding carboxylic acids is 2. The third-order valence-corrected chi connectivity index (χ3v) is 7.28. The van der Waals surface area contributed by atoms with E-state index in [1.54, 1.807) is 32.0 Å². The lowest BCUT2D eigenvalue weighted by Gasteiger charge is -2.16. The molecule has 0 bridgehead atoms. The number of amides is 2. The number of hydrogen-bond acceptors (Lipinski definition) is 4. The van der Waals surface area contributed by atoms with Crippen molar-refractivity contribution < 1.29 is 18.0 Å². The molecule has 2 N–H and O–H groups in total. The normalized spacial score (nSPS) is 14.6. The molecule has 1 fully saturated rings. The number of carbonyl (C=O) groups is 2. The van der Waals surface area contributed by atoms with E-state index in [0.29, 0.717) is 18.8 Å². The van der Waals surface area contributed by atoms with Crippen molar-refractivity contribution >= 4 is 39.1 Å². The number of rotatable bonds is 7. The molecule has 1 saturated heterocycles. The van der Waals surface area contributed by atoms with E-state index in [9.17, 15) is 18.0 Å². The summed E-state index contributed by atoms with van der Waals surface area (Å²) in [6, 6.07) is 11.3. The maximum atomic E-state index is 12.8. The van der Waals surface area contributed by atoms with Crippen LogP contribution in [0.5, 0.6) is 0 Å². The van der Waals surface area contributed by atoms with Gasteiger partial charge in [-0.05, 0) is 48.7 Å². The molecule has 31 heavy (non-hydrogen) atoms. The van der Waals surface area contributed by atoms with Gasteiger partial charge in [-0.15, -0.1) is 0 Å². The second kappa shape index (κ2) is 9.80. The number of sulfonamides is 1. The monoisotopic (exact) mass is 463 g/mol. The molecule has 3 rings (SSSR count). The van der Waals surface area contributed by atoms with Gasteiger partial charge in [-0.1, -0.05) is 37.6 Å². The van der Waals surface area contributed by atoms with Crippen LogP contribution in [0.15, 0.2) is 47.4 Å². The zero-order valence-electron chi connectivity index (χ0n) is 17.5. The first-order valence-corrected chi connectivity index (χ1v) is 12.0. The van der Waals surface area contributed by atoms with Crippen molar-refractivity contribution in [2.24, 2.45) is 5.92 Å². The van der Waals surface area contributed by atoms with E-state index in [0.717, 1.165) is 18.4 Å². The molecule has 0 saturated carbocycles. The largest absolute Gasteiger partial charge is 0.348 e. The Bertz CT molecular complexity index is 1080. The van der Waals surface area contributed by atoms with Gasteiger partial charge in [0.05, 0.1) is 15.5 Å². The second-order valence-electron chi connectivity index (χ2n) is 7.78. The molecule has 7 nitrogen and oxygen atoms in total. The minimum atomic E-state index is -3.65. The number of nitrogens with zero attached hydrogens (tertiary/aromatic N) is 1. The van der Waals surface area contributed by atoms with Crippen molar-refractivity contribution in [1.82, 2.24) is 9.62 Å². The van der Waals surface area contributed by atoms with Gasteiger partial charge in [0.25, 0.3) is 5.91 Å². The van der Waals surface area contributed by atoms with Crippen LogP contribution < -0.4 is 10.6 Å². The van der Waals surface area contributed by atoms with Crippen LogP contribution in [0.4, 0.5) is 5.69 Å². The maximum Gasteiger partial charge on any atom is 0.253 e. The number of hydrogen-bond donors (Lipinski definition) is 2. The predicted molar refractivity (Wildman–Crippen MR) is 121 cm³/mol. The summed E-state index contributed by atoms with van der Waals surface area (Å²) in [5.41, 5.74) is 1.53. The molecule has 2 aromatic rings. The van der Waals surface area contributed by atoms with Crippen molar-refractivity contribution in [2.75, 3.05) is 18.4 Å². The molecule has 0 radical (unpaired) electrons. The fourth-order valence-corrected chi connectivity index (χ4v) is 4.99. The van der Waals surface area contributed by atoms with Crippen molar-refractivity contribution in [1.29, 1.82) is 0 Å². The molecule has 0 spiro atoms. The summed E-state index contributed by atoms with van der Waals surface area (Å²) in [6.45, 7) is 4.78. The van der Waals surface area contributed by atoms with E-state index in [-0.39, 0.29) is 33.9 Å². The standard InChI is InChI=1S/C22H26ClN3O4S/c1-15(2)21(27)25-17-7-5-6-16(12-17)14-24-22(28)19-13-18(8-9-20(19)23)31(29,30)26-10-3-4-11-26/h5-9,12-13,15H,3-4,10-11,14H2,1-2H3,(H,24,28)(H,25,27). The van der Waals surface area contributed by atoms with Crippen LogP contribution in [0.2, 0.25) is 5.02 Å². The Hall–Kier alpha value is -2.42. The third kappa shape index (κ3) is 5.64. The van der Waals surface area contributed by atoms with Gasteiger partial charge in [-0.25, -0.2) is 8.42 Å². The minimum Gasteiger partial charge on any atom is -0.348 e. The van der Waals surface area contributed by atoms with Gasteiger partial charge in [0, 0.05) is 31.2 Å². The van der Waals surface area contributed by atoms with Gasteiger partial charge >= 0.3 is 0 Å². The topological polar surface area (TPSA) is 95.6 Å². The number of halogens is 1. The van der Waals surface area contributed by atoms with Crippen LogP contribution in [-0.4, -0.2) is 37.6 Å². The summed E-state index contributed by atoms with van der Waals surface area (Å²) in [6.07, 6.45) is 1.66. The first-order valence-electron chi connectivity index (χ1n) is 10.2. The lowest BCUT2D eigenvalue weighted by molar-refractivity contribution is -0.118. The van der Waals surface area contributed by atoms with Gasteiger partial charge in [0.15, 0.2) is 0 Å². The number of anilines is 1. The highest BCUT2D eigenvalue weighted by Crippen LogP contribution is 2.25. The summed E-state index contributed by atoms with van der Waals surface area (Å²) in [5, 5.41) is 5.76. The molecule has 0 aromatic heterocycles. The first-order chi connectivity index (χ1) is 14.7. The zero-order chi connectivity index (χ0) is 22.6. The van der Waals surface area contributed by atoms with E-state index < -0.39 is 15.9 Å². The van der Waals surface area contributed by atoms with E-state index in [1.165, 1.54) is 22.5 Å². The molecule has 1 heterocycles. The van der Waals surface area contributed by atoms with Crippen LogP contribution >= 0.6 is 11.6 Å². The molecular weight excluding hydrogens is 438 g/mol. The Morgan fingerprint density at radius 3 is 2.48 bits per heavy atom.